The van der Waals surface area contributed by atoms with Gasteiger partial charge in [-0.2, -0.15) is 5.10 Å². The van der Waals surface area contributed by atoms with Crippen LogP contribution >= 0.6 is 0 Å². The summed E-state index contributed by atoms with van der Waals surface area (Å²) in [6.07, 6.45) is 2.62. The number of carbonyl (C=O) groups is 2. The molecule has 1 aliphatic rings. The Morgan fingerprint density at radius 2 is 2.23 bits per heavy atom. The number of hydrogen-bond donors (Lipinski definition) is 1. The first-order valence-electron chi connectivity index (χ1n) is 8.71. The highest BCUT2D eigenvalue weighted by atomic mass is 19.1. The lowest BCUT2D eigenvalue weighted by atomic mass is 9.96. The van der Waals surface area contributed by atoms with Crippen LogP contribution < -0.4 is 5.32 Å². The zero-order valence-electron chi connectivity index (χ0n) is 15.0. The predicted octanol–water partition coefficient (Wildman–Crippen LogP) is 1.92. The van der Waals surface area contributed by atoms with Gasteiger partial charge in [-0.1, -0.05) is 12.1 Å². The number of benzene rings is 1. The molecule has 1 N–H and O–H groups in total. The number of piperidine rings is 1. The van der Waals surface area contributed by atoms with Crippen molar-refractivity contribution in [1.82, 2.24) is 20.0 Å². The van der Waals surface area contributed by atoms with Gasteiger partial charge >= 0.3 is 0 Å². The molecule has 0 saturated carbocycles. The molecule has 0 bridgehead atoms. The van der Waals surface area contributed by atoms with Crippen LogP contribution in [0.15, 0.2) is 30.5 Å². The molecule has 1 atom stereocenters. The van der Waals surface area contributed by atoms with Crippen molar-refractivity contribution in [2.45, 2.75) is 32.9 Å². The first-order chi connectivity index (χ1) is 12.4. The standard InChI is InChI=1S/C19H23FN4O2/c1-13-16(10-22-23(13)2)9-21-19(26)15-6-7-18(25)24(12-15)11-14-4-3-5-17(20)8-14/h3-5,8,10,15H,6-7,9,11-12H2,1-2H3,(H,21,26)/t15-/m0/s1. The number of halogens is 1. The van der Waals surface area contributed by atoms with E-state index in [0.717, 1.165) is 16.8 Å². The van der Waals surface area contributed by atoms with Crippen LogP contribution in [0.3, 0.4) is 0 Å². The lowest BCUT2D eigenvalue weighted by Gasteiger charge is -2.32. The first-order valence-corrected chi connectivity index (χ1v) is 8.71. The summed E-state index contributed by atoms with van der Waals surface area (Å²) >= 11 is 0. The number of amides is 2. The Kier molecular flexibility index (Phi) is 5.35. The summed E-state index contributed by atoms with van der Waals surface area (Å²) in [7, 11) is 1.86. The van der Waals surface area contributed by atoms with E-state index in [-0.39, 0.29) is 23.5 Å². The van der Waals surface area contributed by atoms with E-state index in [1.165, 1.54) is 12.1 Å². The Bertz CT molecular complexity index is 818. The smallest absolute Gasteiger partial charge is 0.225 e. The van der Waals surface area contributed by atoms with Crippen LogP contribution in [-0.4, -0.2) is 33.0 Å². The summed E-state index contributed by atoms with van der Waals surface area (Å²) in [5, 5.41) is 7.11. The Morgan fingerprint density at radius 3 is 2.92 bits per heavy atom. The van der Waals surface area contributed by atoms with Gasteiger partial charge in [0.2, 0.25) is 11.8 Å². The lowest BCUT2D eigenvalue weighted by Crippen LogP contribution is -2.45. The predicted molar refractivity (Wildman–Crippen MR) is 94.3 cm³/mol. The van der Waals surface area contributed by atoms with Crippen LogP contribution in [0.5, 0.6) is 0 Å². The Labute approximate surface area is 152 Å². The highest BCUT2D eigenvalue weighted by Crippen LogP contribution is 2.20. The van der Waals surface area contributed by atoms with Crippen molar-refractivity contribution in [2.75, 3.05) is 6.54 Å². The van der Waals surface area contributed by atoms with Gasteiger partial charge in [0, 0.05) is 44.4 Å². The maximum absolute atomic E-state index is 13.3. The van der Waals surface area contributed by atoms with Crippen molar-refractivity contribution in [3.63, 3.8) is 0 Å². The molecule has 7 heteroatoms. The summed E-state index contributed by atoms with van der Waals surface area (Å²) in [5.74, 6) is -0.641. The maximum Gasteiger partial charge on any atom is 0.225 e. The van der Waals surface area contributed by atoms with Crippen LogP contribution in [0.2, 0.25) is 0 Å². The summed E-state index contributed by atoms with van der Waals surface area (Å²) in [6.45, 7) is 3.05. The summed E-state index contributed by atoms with van der Waals surface area (Å²) in [4.78, 5) is 26.3. The lowest BCUT2D eigenvalue weighted by molar-refractivity contribution is -0.139. The van der Waals surface area contributed by atoms with Crippen molar-refractivity contribution >= 4 is 11.8 Å². The van der Waals surface area contributed by atoms with Crippen LogP contribution in [-0.2, 0) is 29.7 Å². The minimum Gasteiger partial charge on any atom is -0.352 e. The highest BCUT2D eigenvalue weighted by molar-refractivity contribution is 5.83. The van der Waals surface area contributed by atoms with Gasteiger partial charge in [0.25, 0.3) is 0 Å². The second kappa shape index (κ2) is 7.68. The monoisotopic (exact) mass is 358 g/mol. The molecule has 0 radical (unpaired) electrons. The number of hydrogen-bond acceptors (Lipinski definition) is 3. The third-order valence-corrected chi connectivity index (χ3v) is 4.92. The van der Waals surface area contributed by atoms with Gasteiger partial charge in [0.15, 0.2) is 0 Å². The Balaban J connectivity index is 1.59. The molecule has 0 spiro atoms. The number of nitrogens with one attached hydrogen (secondary N) is 1. The Hall–Kier alpha value is -2.70. The van der Waals surface area contributed by atoms with Crippen molar-refractivity contribution in [3.05, 3.63) is 53.1 Å². The molecule has 0 aliphatic carbocycles. The number of aryl methyl sites for hydroxylation is 1. The molecule has 2 amide bonds. The van der Waals surface area contributed by atoms with Gasteiger partial charge in [-0.05, 0) is 31.0 Å². The maximum atomic E-state index is 13.3. The molecule has 1 fully saturated rings. The van der Waals surface area contributed by atoms with Gasteiger partial charge in [0.1, 0.15) is 5.82 Å². The van der Waals surface area contributed by atoms with Gasteiger partial charge in [-0.25, -0.2) is 4.39 Å². The molecule has 1 aromatic heterocycles. The largest absolute Gasteiger partial charge is 0.352 e. The van der Waals surface area contributed by atoms with Gasteiger partial charge in [-0.3, -0.25) is 14.3 Å². The summed E-state index contributed by atoms with van der Waals surface area (Å²) < 4.78 is 15.1. The van der Waals surface area contributed by atoms with E-state index in [2.05, 4.69) is 10.4 Å². The van der Waals surface area contributed by atoms with Crippen molar-refractivity contribution in [3.8, 4) is 0 Å². The fourth-order valence-corrected chi connectivity index (χ4v) is 3.18. The van der Waals surface area contributed by atoms with Gasteiger partial charge in [0.05, 0.1) is 12.1 Å². The van der Waals surface area contributed by atoms with E-state index >= 15 is 0 Å². The minimum absolute atomic E-state index is 0.00131. The molecule has 2 aromatic rings. The first kappa shape index (κ1) is 18.1. The van der Waals surface area contributed by atoms with Gasteiger partial charge in [-0.15, -0.1) is 0 Å². The fraction of sp³-hybridized carbons (Fsp3) is 0.421. The topological polar surface area (TPSA) is 67.2 Å². The Morgan fingerprint density at radius 1 is 1.42 bits per heavy atom. The van der Waals surface area contributed by atoms with Crippen LogP contribution in [0, 0.1) is 18.7 Å². The molecule has 26 heavy (non-hydrogen) atoms. The number of carbonyl (C=O) groups excluding carboxylic acids is 2. The number of rotatable bonds is 5. The molecule has 6 nitrogen and oxygen atoms in total. The number of likely N-dealkylation sites (tertiary alicyclic amines) is 1. The van der Waals surface area contributed by atoms with E-state index in [1.807, 2.05) is 14.0 Å². The number of aromatic nitrogens is 2. The zero-order valence-corrected chi connectivity index (χ0v) is 15.0. The van der Waals surface area contributed by atoms with Crippen LogP contribution in [0.1, 0.15) is 29.7 Å². The molecule has 3 rings (SSSR count). The zero-order chi connectivity index (χ0) is 18.7. The second-order valence-electron chi connectivity index (χ2n) is 6.74. The fourth-order valence-electron chi connectivity index (χ4n) is 3.18. The molecule has 2 heterocycles. The molecular formula is C19H23FN4O2. The quantitative estimate of drug-likeness (QED) is 0.888. The average molecular weight is 358 g/mol. The highest BCUT2D eigenvalue weighted by Gasteiger charge is 2.30. The van der Waals surface area contributed by atoms with Crippen LogP contribution in [0.25, 0.3) is 0 Å². The molecule has 1 aliphatic heterocycles. The van der Waals surface area contributed by atoms with Crippen molar-refractivity contribution in [2.24, 2.45) is 13.0 Å². The van der Waals surface area contributed by atoms with E-state index in [0.29, 0.717) is 32.5 Å². The molecule has 138 valence electrons. The third kappa shape index (κ3) is 4.09. The van der Waals surface area contributed by atoms with E-state index in [4.69, 9.17) is 0 Å². The normalized spacial score (nSPS) is 17.4. The van der Waals surface area contributed by atoms with Crippen LogP contribution in [0.4, 0.5) is 4.39 Å². The van der Waals surface area contributed by atoms with E-state index < -0.39 is 0 Å². The second-order valence-corrected chi connectivity index (χ2v) is 6.74. The SMILES string of the molecule is Cc1c(CNC(=O)[C@H]2CCC(=O)N(Cc3cccc(F)c3)C2)cnn1C. The van der Waals surface area contributed by atoms with Crippen molar-refractivity contribution < 1.29 is 14.0 Å². The van der Waals surface area contributed by atoms with Gasteiger partial charge < -0.3 is 10.2 Å². The summed E-state index contributed by atoms with van der Waals surface area (Å²) in [5.41, 5.74) is 2.71. The van der Waals surface area contributed by atoms with E-state index in [1.54, 1.807) is 27.9 Å². The van der Waals surface area contributed by atoms with Crippen molar-refractivity contribution in [1.29, 1.82) is 0 Å². The minimum atomic E-state index is -0.326. The average Bonchev–Trinajstić information content (AvgIpc) is 2.93. The number of nitrogens with zero attached hydrogens (tertiary/aromatic N) is 3. The van der Waals surface area contributed by atoms with E-state index in [9.17, 15) is 14.0 Å². The molecule has 1 saturated heterocycles. The summed E-state index contributed by atoms with van der Waals surface area (Å²) in [6, 6.07) is 6.20. The molecular weight excluding hydrogens is 335 g/mol. The molecule has 1 aromatic carbocycles. The molecule has 0 unspecified atom stereocenters. The third-order valence-electron chi connectivity index (χ3n) is 4.92.